The number of amides is 3. The zero-order valence-corrected chi connectivity index (χ0v) is 18.8. The molecule has 2 aliphatic rings. The van der Waals surface area contributed by atoms with Gasteiger partial charge in [0.15, 0.2) is 0 Å². The highest BCUT2D eigenvalue weighted by Crippen LogP contribution is 2.48. The first-order valence-electron chi connectivity index (χ1n) is 10.1. The summed E-state index contributed by atoms with van der Waals surface area (Å²) in [5.74, 6) is -0.650. The summed E-state index contributed by atoms with van der Waals surface area (Å²) >= 11 is 3.27. The summed E-state index contributed by atoms with van der Waals surface area (Å²) in [5, 5.41) is 13.7. The van der Waals surface area contributed by atoms with E-state index < -0.39 is 11.9 Å². The number of aromatic nitrogens is 2. The number of likely N-dealkylation sites (tertiary alicyclic amines) is 1. The number of piperidine rings is 1. The zero-order valence-electron chi connectivity index (χ0n) is 17.3. The quantitative estimate of drug-likeness (QED) is 0.333. The van der Waals surface area contributed by atoms with Gasteiger partial charge < -0.3 is 21.3 Å². The molecule has 2 aromatic rings. The Kier molecular flexibility index (Phi) is 5.92. The average molecular weight is 500 g/mol. The molecule has 1 aliphatic heterocycles. The highest BCUT2D eigenvalue weighted by Gasteiger charge is 2.55. The highest BCUT2D eigenvalue weighted by molar-refractivity contribution is 9.10. The van der Waals surface area contributed by atoms with Gasteiger partial charge in [0.2, 0.25) is 11.8 Å². The number of halogens is 1. The fraction of sp³-hybridized carbons (Fsp3) is 0.333. The lowest BCUT2D eigenvalue weighted by Crippen LogP contribution is -2.47. The number of hydrogen-bond acceptors (Lipinski definition) is 7. The molecule has 1 unspecified atom stereocenters. The predicted molar refractivity (Wildman–Crippen MR) is 121 cm³/mol. The Morgan fingerprint density at radius 3 is 2.81 bits per heavy atom. The summed E-state index contributed by atoms with van der Waals surface area (Å²) in [5.41, 5.74) is 6.13. The Morgan fingerprint density at radius 2 is 2.09 bits per heavy atom. The van der Waals surface area contributed by atoms with Crippen molar-refractivity contribution in [2.75, 3.05) is 17.2 Å². The van der Waals surface area contributed by atoms with Crippen LogP contribution in [0.25, 0.3) is 0 Å². The number of pyridine rings is 2. The van der Waals surface area contributed by atoms with E-state index >= 15 is 0 Å². The van der Waals surface area contributed by atoms with Gasteiger partial charge in [0, 0.05) is 17.3 Å². The topological polar surface area (TPSA) is 154 Å². The summed E-state index contributed by atoms with van der Waals surface area (Å²) in [6.07, 6.45) is 2.96. The lowest BCUT2D eigenvalue weighted by atomic mass is 10.1. The van der Waals surface area contributed by atoms with Crippen LogP contribution in [-0.2, 0) is 14.4 Å². The molecule has 0 aromatic carbocycles. The van der Waals surface area contributed by atoms with Gasteiger partial charge in [-0.05, 0) is 59.8 Å². The Labute approximate surface area is 192 Å². The van der Waals surface area contributed by atoms with Crippen LogP contribution in [0.2, 0.25) is 0 Å². The third kappa shape index (κ3) is 4.47. The molecule has 1 aliphatic carbocycles. The van der Waals surface area contributed by atoms with Gasteiger partial charge in [-0.1, -0.05) is 6.07 Å². The maximum atomic E-state index is 13.1. The third-order valence-corrected chi connectivity index (χ3v) is 6.09. The molecule has 10 nitrogen and oxygen atoms in total. The van der Waals surface area contributed by atoms with Crippen molar-refractivity contribution in [2.24, 2.45) is 11.7 Å². The zero-order chi connectivity index (χ0) is 23.0. The summed E-state index contributed by atoms with van der Waals surface area (Å²) in [4.78, 5) is 47.4. The highest BCUT2D eigenvalue weighted by atomic mass is 79.9. The van der Waals surface area contributed by atoms with Crippen molar-refractivity contribution in [1.82, 2.24) is 14.9 Å². The van der Waals surface area contributed by atoms with Crippen LogP contribution in [0.3, 0.4) is 0 Å². The Bertz CT molecular complexity index is 1120. The summed E-state index contributed by atoms with van der Waals surface area (Å²) < 4.78 is 0.603. The fourth-order valence-electron chi connectivity index (χ4n) is 4.04. The van der Waals surface area contributed by atoms with Gasteiger partial charge in [0.1, 0.15) is 22.2 Å². The van der Waals surface area contributed by atoms with E-state index in [9.17, 15) is 14.4 Å². The maximum Gasteiger partial charge on any atom is 0.267 e. The monoisotopic (exact) mass is 499 g/mol. The normalized spacial score (nSPS) is 20.9. The average Bonchev–Trinajstić information content (AvgIpc) is 3.41. The summed E-state index contributed by atoms with van der Waals surface area (Å²) in [6.45, 7) is 1.62. The summed E-state index contributed by atoms with van der Waals surface area (Å²) in [6, 6.07) is 6.25. The molecule has 3 heterocycles. The molecule has 3 atom stereocenters. The minimum Gasteiger partial charge on any atom is -0.374 e. The first-order chi connectivity index (χ1) is 15.2. The van der Waals surface area contributed by atoms with Crippen LogP contribution in [0.5, 0.6) is 0 Å². The van der Waals surface area contributed by atoms with E-state index in [4.69, 9.17) is 11.1 Å². The second-order valence-electron chi connectivity index (χ2n) is 7.91. The van der Waals surface area contributed by atoms with E-state index in [1.165, 1.54) is 6.20 Å². The molecule has 166 valence electrons. The molecule has 4 rings (SSSR count). The van der Waals surface area contributed by atoms with Gasteiger partial charge in [-0.25, -0.2) is 4.98 Å². The fourth-order valence-corrected chi connectivity index (χ4v) is 4.38. The van der Waals surface area contributed by atoms with Crippen molar-refractivity contribution in [3.8, 4) is 0 Å². The number of carbonyl (C=O) groups excluding carboxylic acids is 3. The Morgan fingerprint density at radius 1 is 1.31 bits per heavy atom. The van der Waals surface area contributed by atoms with Crippen molar-refractivity contribution in [3.05, 3.63) is 46.3 Å². The van der Waals surface area contributed by atoms with Crippen LogP contribution in [0.1, 0.15) is 24.1 Å². The molecule has 32 heavy (non-hydrogen) atoms. The third-order valence-electron chi connectivity index (χ3n) is 5.65. The van der Waals surface area contributed by atoms with Crippen molar-refractivity contribution < 1.29 is 14.4 Å². The van der Waals surface area contributed by atoms with Gasteiger partial charge in [0.25, 0.3) is 5.91 Å². The number of hydrogen-bond donors (Lipinski definition) is 4. The van der Waals surface area contributed by atoms with E-state index in [2.05, 4.69) is 36.5 Å². The first-order valence-corrected chi connectivity index (χ1v) is 10.9. The molecule has 2 aromatic heterocycles. The lowest BCUT2D eigenvalue weighted by molar-refractivity contribution is -0.136. The number of fused-ring (bicyclic) bond motifs is 1. The van der Waals surface area contributed by atoms with Crippen LogP contribution in [0.15, 0.2) is 35.1 Å². The van der Waals surface area contributed by atoms with E-state index in [-0.39, 0.29) is 35.7 Å². The molecule has 11 heteroatoms. The molecule has 5 N–H and O–H groups in total. The van der Waals surface area contributed by atoms with Crippen LogP contribution < -0.4 is 16.4 Å². The maximum absolute atomic E-state index is 13.1. The number of carbonyl (C=O) groups is 3. The first kappa shape index (κ1) is 21.9. The van der Waals surface area contributed by atoms with E-state index in [0.717, 1.165) is 6.42 Å². The number of aryl methyl sites for hydroxylation is 1. The molecule has 0 spiro atoms. The predicted octanol–water partition coefficient (Wildman–Crippen LogP) is 1.44. The number of nitrogens with one attached hydrogen (secondary N) is 3. The Hall–Kier alpha value is -3.34. The minimum absolute atomic E-state index is 0.0510. The van der Waals surface area contributed by atoms with Crippen molar-refractivity contribution in [1.29, 1.82) is 5.41 Å². The van der Waals surface area contributed by atoms with Crippen molar-refractivity contribution in [2.45, 2.75) is 31.8 Å². The van der Waals surface area contributed by atoms with Gasteiger partial charge >= 0.3 is 0 Å². The number of primary amides is 1. The van der Waals surface area contributed by atoms with Crippen molar-refractivity contribution in [3.63, 3.8) is 0 Å². The minimum atomic E-state index is -0.872. The van der Waals surface area contributed by atoms with E-state index in [1.54, 1.807) is 36.1 Å². The molecule has 1 saturated carbocycles. The number of anilines is 2. The SMILES string of the molecule is Cc1cc(C(=N)C(N)=O)c(NCC(=O)N2C3C[C@@H]3C[C@H]2C(=O)Nc2cccc(Br)n2)cn1. The van der Waals surface area contributed by atoms with Gasteiger partial charge in [-0.2, -0.15) is 0 Å². The van der Waals surface area contributed by atoms with E-state index in [1.807, 2.05) is 0 Å². The molecule has 1 saturated heterocycles. The molecule has 3 amide bonds. The van der Waals surface area contributed by atoms with Crippen LogP contribution in [0, 0.1) is 18.3 Å². The molecule has 0 bridgehead atoms. The molecular weight excluding hydrogens is 478 g/mol. The molecular formula is C21H22BrN7O3. The van der Waals surface area contributed by atoms with Crippen LogP contribution in [-0.4, -0.2) is 56.9 Å². The second-order valence-corrected chi connectivity index (χ2v) is 8.73. The van der Waals surface area contributed by atoms with Crippen molar-refractivity contribution >= 4 is 50.9 Å². The lowest BCUT2D eigenvalue weighted by Gasteiger charge is -2.27. The standard InChI is InChI=1S/C21H22BrN7O3/c1-10-5-12(19(23)20(24)31)13(8-25-10)26-9-18(30)29-14-6-11(14)7-15(29)21(32)28-17-4-2-3-16(22)27-17/h2-5,8,11,14-15,23,26H,6-7,9H2,1H3,(H2,24,31)(H,27,28,32)/t11-,14?,15+/m1/s1. The van der Waals surface area contributed by atoms with Crippen LogP contribution in [0.4, 0.5) is 11.5 Å². The molecule has 2 fully saturated rings. The molecule has 0 radical (unpaired) electrons. The van der Waals surface area contributed by atoms with Crippen LogP contribution >= 0.6 is 15.9 Å². The Balaban J connectivity index is 1.45. The van der Waals surface area contributed by atoms with Gasteiger partial charge in [0.05, 0.1) is 18.4 Å². The second kappa shape index (κ2) is 8.65. The summed E-state index contributed by atoms with van der Waals surface area (Å²) in [7, 11) is 0. The smallest absolute Gasteiger partial charge is 0.267 e. The van der Waals surface area contributed by atoms with Gasteiger partial charge in [-0.15, -0.1) is 0 Å². The largest absolute Gasteiger partial charge is 0.374 e. The van der Waals surface area contributed by atoms with E-state index in [0.29, 0.717) is 34.1 Å². The number of rotatable bonds is 7. The number of nitrogens with zero attached hydrogens (tertiary/aromatic N) is 3. The van der Waals surface area contributed by atoms with Gasteiger partial charge in [-0.3, -0.25) is 24.8 Å². The number of nitrogens with two attached hydrogens (primary N) is 1.